The van der Waals surface area contributed by atoms with E-state index in [1.807, 2.05) is 7.05 Å². The first-order valence-electron chi connectivity index (χ1n) is 7.60. The minimum Gasteiger partial charge on any atom is -0.744 e. The Bertz CT molecular complexity index is 697. The fourth-order valence-electron chi connectivity index (χ4n) is 2.52. The van der Waals surface area contributed by atoms with Gasteiger partial charge in [-0.2, -0.15) is 0 Å². The minimum absolute atomic E-state index is 0.0196. The van der Waals surface area contributed by atoms with E-state index < -0.39 is 9.80 Å². The number of nitrogens with zero attached hydrogens (tertiary/aromatic N) is 5. The van der Waals surface area contributed by atoms with Crippen molar-refractivity contribution in [1.29, 1.82) is 0 Å². The molecule has 0 aromatic carbocycles. The van der Waals surface area contributed by atoms with Crippen molar-refractivity contribution in [2.75, 3.05) is 20.1 Å². The monoisotopic (exact) mass is 339 g/mol. The molecular formula is C13H21N7O4-2. The van der Waals surface area contributed by atoms with Crippen molar-refractivity contribution in [2.45, 2.75) is 25.9 Å². The molecule has 2 heterocycles. The first kappa shape index (κ1) is 17.5. The number of nitrogens with one attached hydrogen (secondary N) is 2. The van der Waals surface area contributed by atoms with E-state index in [1.165, 1.54) is 0 Å². The molecule has 2 aromatic rings. The molecule has 2 N–H and O–H groups in total. The Hall–Kier alpha value is -2.82. The van der Waals surface area contributed by atoms with Crippen molar-refractivity contribution in [3.8, 4) is 0 Å². The molecular weight excluding hydrogens is 318 g/mol. The zero-order valence-electron chi connectivity index (χ0n) is 13.4. The molecule has 11 nitrogen and oxygen atoms in total. The van der Waals surface area contributed by atoms with Gasteiger partial charge < -0.3 is 25.7 Å². The summed E-state index contributed by atoms with van der Waals surface area (Å²) in [5, 5.41) is 43.2. The number of imidazole rings is 2. The Labute approximate surface area is 137 Å². The largest absolute Gasteiger partial charge is 0.744 e. The van der Waals surface area contributed by atoms with Gasteiger partial charge in [-0.05, 0) is 19.9 Å². The van der Waals surface area contributed by atoms with Crippen LogP contribution in [0.1, 0.15) is 12.8 Å². The molecule has 134 valence electrons. The molecule has 0 spiro atoms. The van der Waals surface area contributed by atoms with Crippen LogP contribution in [-0.2, 0) is 13.1 Å². The maximum absolute atomic E-state index is 10.8. The summed E-state index contributed by atoms with van der Waals surface area (Å²) in [7, 11) is 1.96. The molecule has 2 aromatic heterocycles. The van der Waals surface area contributed by atoms with Crippen LogP contribution in [0.5, 0.6) is 0 Å². The van der Waals surface area contributed by atoms with E-state index in [9.17, 15) is 20.8 Å². The second-order valence-electron chi connectivity index (χ2n) is 5.48. The van der Waals surface area contributed by atoms with Crippen LogP contribution < -0.4 is 21.0 Å². The van der Waals surface area contributed by atoms with Crippen molar-refractivity contribution in [2.24, 2.45) is 0 Å². The van der Waals surface area contributed by atoms with Gasteiger partial charge in [0.05, 0.1) is 37.9 Å². The summed E-state index contributed by atoms with van der Waals surface area (Å²) < 4.78 is 3.15. The number of hydrogen-bond acceptors (Lipinski definition) is 5. The lowest BCUT2D eigenvalue weighted by atomic mass is 10.3. The summed E-state index contributed by atoms with van der Waals surface area (Å²) in [6.07, 6.45) is 7.94. The SMILES string of the molecule is CN(CCCn1cc[nH]c1=[N+]([O-])[O-])CCCn1cc[nH]c1=[N+]([O-])[O-]. The third-order valence-corrected chi connectivity index (χ3v) is 3.70. The van der Waals surface area contributed by atoms with Crippen LogP contribution in [-0.4, -0.2) is 44.1 Å². The fourth-order valence-corrected chi connectivity index (χ4v) is 2.52. The lowest BCUT2D eigenvalue weighted by molar-refractivity contribution is 0.308. The van der Waals surface area contributed by atoms with E-state index >= 15 is 0 Å². The molecule has 0 amide bonds. The van der Waals surface area contributed by atoms with Gasteiger partial charge >= 0.3 is 11.2 Å². The van der Waals surface area contributed by atoms with Crippen LogP contribution in [0.2, 0.25) is 0 Å². The van der Waals surface area contributed by atoms with Gasteiger partial charge in [-0.1, -0.05) is 0 Å². The van der Waals surface area contributed by atoms with Crippen molar-refractivity contribution >= 4 is 0 Å². The lowest BCUT2D eigenvalue weighted by Crippen LogP contribution is -2.32. The number of aromatic amines is 2. The third kappa shape index (κ3) is 4.59. The van der Waals surface area contributed by atoms with Crippen LogP contribution in [0.3, 0.4) is 0 Å². The summed E-state index contributed by atoms with van der Waals surface area (Å²) in [6.45, 7) is 2.69. The molecule has 0 unspecified atom stereocenters. The Kier molecular flexibility index (Phi) is 5.95. The molecule has 0 radical (unpaired) electrons. The van der Waals surface area contributed by atoms with Gasteiger partial charge in [-0.15, -0.1) is 0 Å². The summed E-state index contributed by atoms with van der Waals surface area (Å²) in [5.74, 6) is 0. The average Bonchev–Trinajstić information content (AvgIpc) is 3.16. The summed E-state index contributed by atoms with van der Waals surface area (Å²) in [4.78, 5) is 6.42. The zero-order chi connectivity index (χ0) is 17.5. The molecule has 0 fully saturated rings. The second kappa shape index (κ2) is 8.15. The normalized spacial score (nSPS) is 11.1. The Morgan fingerprint density at radius 2 is 1.29 bits per heavy atom. The van der Waals surface area contributed by atoms with Gasteiger partial charge in [0, 0.05) is 13.1 Å². The van der Waals surface area contributed by atoms with E-state index in [0.29, 0.717) is 13.1 Å². The molecule has 0 aliphatic rings. The van der Waals surface area contributed by atoms with E-state index in [4.69, 9.17) is 0 Å². The topological polar surface area (TPSA) is 143 Å². The second-order valence-corrected chi connectivity index (χ2v) is 5.48. The first-order chi connectivity index (χ1) is 11.5. The number of rotatable bonds is 8. The third-order valence-electron chi connectivity index (χ3n) is 3.70. The van der Waals surface area contributed by atoms with Gasteiger partial charge in [0.2, 0.25) is 0 Å². The van der Waals surface area contributed by atoms with Crippen LogP contribution >= 0.6 is 0 Å². The van der Waals surface area contributed by atoms with Crippen molar-refractivity contribution in [3.63, 3.8) is 0 Å². The van der Waals surface area contributed by atoms with Crippen LogP contribution in [0, 0.1) is 20.8 Å². The van der Waals surface area contributed by atoms with E-state index in [2.05, 4.69) is 14.9 Å². The predicted octanol–water partition coefficient (Wildman–Crippen LogP) is -1.11. The summed E-state index contributed by atoms with van der Waals surface area (Å²) in [6, 6.07) is 0. The maximum Gasteiger partial charge on any atom is 0.358 e. The van der Waals surface area contributed by atoms with E-state index in [0.717, 1.165) is 25.9 Å². The highest BCUT2D eigenvalue weighted by Crippen LogP contribution is 1.95. The number of aromatic nitrogens is 4. The number of hydrogen-bond donors (Lipinski definition) is 2. The zero-order valence-corrected chi connectivity index (χ0v) is 13.4. The van der Waals surface area contributed by atoms with Gasteiger partial charge in [0.25, 0.3) is 0 Å². The molecule has 0 saturated heterocycles. The van der Waals surface area contributed by atoms with Gasteiger partial charge in [0.1, 0.15) is 0 Å². The Morgan fingerprint density at radius 3 is 1.67 bits per heavy atom. The van der Waals surface area contributed by atoms with Gasteiger partial charge in [0.15, 0.2) is 0 Å². The highest BCUT2D eigenvalue weighted by molar-refractivity contribution is 4.79. The first-order valence-corrected chi connectivity index (χ1v) is 7.60. The average molecular weight is 339 g/mol. The van der Waals surface area contributed by atoms with Crippen LogP contribution in [0.15, 0.2) is 24.8 Å². The highest BCUT2D eigenvalue weighted by Gasteiger charge is 2.05. The number of H-pyrrole nitrogens is 2. The molecule has 0 saturated carbocycles. The number of aryl methyl sites for hydroxylation is 2. The van der Waals surface area contributed by atoms with E-state index in [1.54, 1.807) is 33.9 Å². The molecule has 0 aliphatic carbocycles. The smallest absolute Gasteiger partial charge is 0.358 e. The fraction of sp³-hybridized carbons (Fsp3) is 0.538. The Morgan fingerprint density at radius 1 is 0.875 bits per heavy atom. The molecule has 0 aliphatic heterocycles. The minimum atomic E-state index is -0.440. The van der Waals surface area contributed by atoms with Crippen LogP contribution in [0.25, 0.3) is 0 Å². The predicted molar refractivity (Wildman–Crippen MR) is 88.3 cm³/mol. The lowest BCUT2D eigenvalue weighted by Gasteiger charge is -2.16. The van der Waals surface area contributed by atoms with Crippen molar-refractivity contribution < 1.29 is 0 Å². The van der Waals surface area contributed by atoms with Gasteiger partial charge in [-0.25, -0.2) is 19.1 Å². The van der Waals surface area contributed by atoms with Gasteiger partial charge in [-0.3, -0.25) is 9.80 Å². The standard InChI is InChI=1S/C13H21N7O4/c1-16(6-2-8-17-10-4-14-12(17)19(21)22)7-3-9-18-11-5-15-13(18)20(23)24/h4-5,10-11,14-15H,2-3,6-9H2,1H3/q-2. The molecule has 24 heavy (non-hydrogen) atoms. The summed E-state index contributed by atoms with van der Waals surface area (Å²) in [5.41, 5.74) is -0.0392. The quantitative estimate of drug-likeness (QED) is 0.586. The van der Waals surface area contributed by atoms with E-state index in [-0.39, 0.29) is 11.2 Å². The molecule has 0 bridgehead atoms. The van der Waals surface area contributed by atoms with Crippen molar-refractivity contribution in [3.05, 3.63) is 56.9 Å². The van der Waals surface area contributed by atoms with Crippen molar-refractivity contribution in [1.82, 2.24) is 33.8 Å². The molecule has 11 heteroatoms. The Balaban J connectivity index is 1.73. The molecule has 2 rings (SSSR count). The summed E-state index contributed by atoms with van der Waals surface area (Å²) >= 11 is 0. The van der Waals surface area contributed by atoms with Crippen LogP contribution in [0.4, 0.5) is 0 Å². The molecule has 0 atom stereocenters. The maximum atomic E-state index is 10.8. The highest BCUT2D eigenvalue weighted by atomic mass is 16.8.